The molecule has 3 rings (SSSR count). The number of fused-ring (bicyclic) bond motifs is 1. The zero-order valence-corrected chi connectivity index (χ0v) is 20.3. The first-order chi connectivity index (χ1) is 14.4. The molecule has 3 fully saturated rings. The average Bonchev–Trinajstić information content (AvgIpc) is 3.09. The van der Waals surface area contributed by atoms with Gasteiger partial charge in [-0.15, -0.1) is 0 Å². The van der Waals surface area contributed by atoms with E-state index in [0.717, 1.165) is 24.9 Å². The van der Waals surface area contributed by atoms with Gasteiger partial charge in [-0.25, -0.2) is 0 Å². The predicted octanol–water partition coefficient (Wildman–Crippen LogP) is 1.68. The molecule has 0 radical (unpaired) electrons. The minimum atomic E-state index is -0.749. The molecule has 3 aliphatic rings. The molecule has 2 aliphatic heterocycles. The fourth-order valence-electron chi connectivity index (χ4n) is 4.40. The number of rotatable bonds is 6. The third kappa shape index (κ3) is 7.51. The van der Waals surface area contributed by atoms with Crippen LogP contribution in [-0.4, -0.2) is 54.7 Å². The van der Waals surface area contributed by atoms with Gasteiger partial charge in [0, 0.05) is 32.0 Å². The van der Waals surface area contributed by atoms with E-state index in [1.807, 2.05) is 13.8 Å². The zero-order valence-electron chi connectivity index (χ0n) is 20.3. The van der Waals surface area contributed by atoms with Crippen molar-refractivity contribution in [2.24, 2.45) is 34.3 Å². The monoisotopic (exact) mass is 438 g/mol. The van der Waals surface area contributed by atoms with Crippen LogP contribution in [0.5, 0.6) is 0 Å². The maximum absolute atomic E-state index is 12.0. The summed E-state index contributed by atoms with van der Waals surface area (Å²) < 4.78 is 0. The number of hydrogen-bond donors (Lipinski definition) is 3. The van der Waals surface area contributed by atoms with Crippen LogP contribution in [0.15, 0.2) is 0 Å². The molecule has 178 valence electrons. The van der Waals surface area contributed by atoms with Gasteiger partial charge in [-0.1, -0.05) is 48.5 Å². The molecule has 2 heterocycles. The Morgan fingerprint density at radius 2 is 1.81 bits per heavy atom. The first kappa shape index (κ1) is 26.9. The molecule has 31 heavy (non-hydrogen) atoms. The van der Waals surface area contributed by atoms with Crippen molar-refractivity contribution >= 4 is 24.1 Å². The zero-order chi connectivity index (χ0) is 24.0. The van der Waals surface area contributed by atoms with Crippen LogP contribution in [0.1, 0.15) is 67.7 Å². The topological polar surface area (TPSA) is 122 Å². The molecule has 1 aliphatic carbocycles. The summed E-state index contributed by atoms with van der Waals surface area (Å²) in [6.07, 6.45) is 2.07. The van der Waals surface area contributed by atoms with Crippen LogP contribution in [0.2, 0.25) is 0 Å². The Bertz CT molecular complexity index is 642. The minimum Gasteiger partial charge on any atom is -0.368 e. The van der Waals surface area contributed by atoms with E-state index >= 15 is 0 Å². The number of piperidine rings is 1. The summed E-state index contributed by atoms with van der Waals surface area (Å²) in [5.74, 6) is 0.994. The first-order valence-corrected chi connectivity index (χ1v) is 11.4. The number of carbonyl (C=O) groups excluding carboxylic acids is 4. The molecule has 4 N–H and O–H groups in total. The number of carbonyl (C=O) groups is 4. The molecular weight excluding hydrogens is 396 g/mol. The van der Waals surface area contributed by atoms with Crippen molar-refractivity contribution in [3.05, 3.63) is 0 Å². The van der Waals surface area contributed by atoms with E-state index in [2.05, 4.69) is 50.2 Å². The Kier molecular flexibility index (Phi) is 9.51. The maximum Gasteiger partial charge on any atom is 0.240 e. The lowest BCUT2D eigenvalue weighted by Crippen LogP contribution is -2.42. The van der Waals surface area contributed by atoms with E-state index in [9.17, 15) is 19.2 Å². The number of amides is 4. The van der Waals surface area contributed by atoms with Crippen molar-refractivity contribution in [3.63, 3.8) is 0 Å². The van der Waals surface area contributed by atoms with Crippen molar-refractivity contribution in [2.75, 3.05) is 19.6 Å². The fraction of sp³-hybridized carbons (Fsp3) is 0.826. The molecule has 8 heteroatoms. The van der Waals surface area contributed by atoms with E-state index in [0.29, 0.717) is 37.1 Å². The van der Waals surface area contributed by atoms with Gasteiger partial charge in [-0.2, -0.15) is 0 Å². The van der Waals surface area contributed by atoms with Crippen LogP contribution in [0.3, 0.4) is 0 Å². The molecular formula is C23H42N4O4. The lowest BCUT2D eigenvalue weighted by molar-refractivity contribution is -0.133. The van der Waals surface area contributed by atoms with Gasteiger partial charge >= 0.3 is 0 Å². The van der Waals surface area contributed by atoms with Gasteiger partial charge in [0.25, 0.3) is 0 Å². The van der Waals surface area contributed by atoms with E-state index < -0.39 is 11.9 Å². The average molecular weight is 439 g/mol. The largest absolute Gasteiger partial charge is 0.368 e. The highest BCUT2D eigenvalue weighted by Crippen LogP contribution is 2.62. The third-order valence-electron chi connectivity index (χ3n) is 6.45. The highest BCUT2D eigenvalue weighted by Gasteiger charge is 2.62. The fourth-order valence-corrected chi connectivity index (χ4v) is 4.40. The standard InChI is InChI=1S/C13H23NO.C8H13N3O3.C2H6/c1-12(2,3)6-11(15)14-7-9-10(8-14)13(9,4)5;9-7(13)6(11-4-12)3-5-1-2-10-8(5)14;1-2/h9-10H,6-8H2,1-5H3;4-6H,1-3H2,(H2,9,13)(H,10,14)(H,11,12);1-2H3. The smallest absolute Gasteiger partial charge is 0.240 e. The molecule has 0 aromatic heterocycles. The van der Waals surface area contributed by atoms with Crippen LogP contribution in [0, 0.1) is 28.6 Å². The lowest BCUT2D eigenvalue weighted by atomic mass is 9.91. The summed E-state index contributed by atoms with van der Waals surface area (Å²) in [5, 5.41) is 4.94. The summed E-state index contributed by atoms with van der Waals surface area (Å²) in [6, 6.07) is -0.749. The molecule has 0 spiro atoms. The first-order valence-electron chi connectivity index (χ1n) is 11.4. The Labute approximate surface area is 187 Å². The maximum atomic E-state index is 12.0. The SMILES string of the molecule is CC.CC(C)(C)CC(=O)N1CC2C(C1)C2(C)C.NC(=O)C(CC1CCNC1=O)NC=O. The van der Waals surface area contributed by atoms with Gasteiger partial charge < -0.3 is 21.3 Å². The van der Waals surface area contributed by atoms with Crippen LogP contribution in [0.25, 0.3) is 0 Å². The van der Waals surface area contributed by atoms with Crippen LogP contribution in [0.4, 0.5) is 0 Å². The van der Waals surface area contributed by atoms with Gasteiger partial charge in [0.2, 0.25) is 24.1 Å². The number of hydrogen-bond acceptors (Lipinski definition) is 4. The molecule has 4 unspecified atom stereocenters. The Morgan fingerprint density at radius 1 is 1.26 bits per heavy atom. The summed E-state index contributed by atoms with van der Waals surface area (Å²) in [6.45, 7) is 17.7. The minimum absolute atomic E-state index is 0.0797. The second-order valence-corrected chi connectivity index (χ2v) is 10.3. The van der Waals surface area contributed by atoms with Crippen LogP contribution < -0.4 is 16.4 Å². The number of nitrogens with two attached hydrogens (primary N) is 1. The second kappa shape index (κ2) is 11.0. The van der Waals surface area contributed by atoms with Gasteiger partial charge in [0.1, 0.15) is 6.04 Å². The Morgan fingerprint density at radius 3 is 2.19 bits per heavy atom. The van der Waals surface area contributed by atoms with Crippen LogP contribution in [-0.2, 0) is 19.2 Å². The van der Waals surface area contributed by atoms with Crippen LogP contribution >= 0.6 is 0 Å². The predicted molar refractivity (Wildman–Crippen MR) is 121 cm³/mol. The number of likely N-dealkylation sites (tertiary alicyclic amines) is 1. The summed E-state index contributed by atoms with van der Waals surface area (Å²) in [4.78, 5) is 46.2. The van der Waals surface area contributed by atoms with Gasteiger partial charge in [-0.3, -0.25) is 19.2 Å². The highest BCUT2D eigenvalue weighted by molar-refractivity contribution is 5.85. The van der Waals surface area contributed by atoms with E-state index in [-0.39, 0.29) is 23.7 Å². The van der Waals surface area contributed by atoms with Crippen molar-refractivity contribution < 1.29 is 19.2 Å². The van der Waals surface area contributed by atoms with Crippen molar-refractivity contribution in [2.45, 2.75) is 73.8 Å². The highest BCUT2D eigenvalue weighted by atomic mass is 16.2. The normalized spacial score (nSPS) is 26.2. The summed E-state index contributed by atoms with van der Waals surface area (Å²) in [5.41, 5.74) is 5.69. The second-order valence-electron chi connectivity index (χ2n) is 10.3. The molecule has 0 bridgehead atoms. The lowest BCUT2D eigenvalue weighted by Gasteiger charge is -2.26. The number of nitrogens with zero attached hydrogens (tertiary/aromatic N) is 1. The Balaban J connectivity index is 0.000000288. The van der Waals surface area contributed by atoms with E-state index in [1.54, 1.807) is 0 Å². The van der Waals surface area contributed by atoms with Gasteiger partial charge in [0.05, 0.1) is 0 Å². The molecule has 8 nitrogen and oxygen atoms in total. The molecule has 0 aromatic carbocycles. The van der Waals surface area contributed by atoms with E-state index in [1.165, 1.54) is 0 Å². The molecule has 0 aromatic rings. The summed E-state index contributed by atoms with van der Waals surface area (Å²) >= 11 is 0. The van der Waals surface area contributed by atoms with Gasteiger partial charge in [-0.05, 0) is 35.5 Å². The van der Waals surface area contributed by atoms with Gasteiger partial charge in [0.15, 0.2) is 0 Å². The van der Waals surface area contributed by atoms with Crippen molar-refractivity contribution in [3.8, 4) is 0 Å². The Hall–Kier alpha value is -2.12. The molecule has 2 saturated heterocycles. The number of primary amides is 1. The van der Waals surface area contributed by atoms with Crippen molar-refractivity contribution in [1.29, 1.82) is 0 Å². The van der Waals surface area contributed by atoms with Crippen molar-refractivity contribution in [1.82, 2.24) is 15.5 Å². The summed E-state index contributed by atoms with van der Waals surface area (Å²) in [7, 11) is 0. The van der Waals surface area contributed by atoms with E-state index in [4.69, 9.17) is 5.73 Å². The molecule has 4 amide bonds. The molecule has 1 saturated carbocycles. The quantitative estimate of drug-likeness (QED) is 0.546. The molecule has 4 atom stereocenters. The third-order valence-corrected chi connectivity index (χ3v) is 6.45. The number of nitrogens with one attached hydrogen (secondary N) is 2.